The summed E-state index contributed by atoms with van der Waals surface area (Å²) in [6.07, 6.45) is -0.0242. The lowest BCUT2D eigenvalue weighted by atomic mass is 10.0. The van der Waals surface area contributed by atoms with E-state index >= 15 is 0 Å². The van der Waals surface area contributed by atoms with E-state index in [-0.39, 0.29) is 21.9 Å². The molecule has 2 amide bonds. The van der Waals surface area contributed by atoms with Gasteiger partial charge >= 0.3 is 18.2 Å². The van der Waals surface area contributed by atoms with Crippen LogP contribution in [0.1, 0.15) is 64.9 Å². The SMILES string of the molecule is CN1CCC(N(C(=O)OC(C)(C)C)c2nc(C(=O)O)c(NC(=O)OC(C)(C)C)s2)CC1. The van der Waals surface area contributed by atoms with Crippen LogP contribution in [0.15, 0.2) is 0 Å². The number of aromatic carboxylic acids is 1. The van der Waals surface area contributed by atoms with Gasteiger partial charge in [-0.3, -0.25) is 5.32 Å². The van der Waals surface area contributed by atoms with Crippen LogP contribution in [0.4, 0.5) is 19.7 Å². The van der Waals surface area contributed by atoms with Gasteiger partial charge in [0.05, 0.1) is 0 Å². The van der Waals surface area contributed by atoms with Gasteiger partial charge in [-0.15, -0.1) is 0 Å². The first kappa shape index (κ1) is 24.9. The maximum Gasteiger partial charge on any atom is 0.416 e. The predicted molar refractivity (Wildman–Crippen MR) is 118 cm³/mol. The maximum atomic E-state index is 13.0. The van der Waals surface area contributed by atoms with Crippen molar-refractivity contribution in [3.05, 3.63) is 5.69 Å². The van der Waals surface area contributed by atoms with Crippen molar-refractivity contribution >= 4 is 39.6 Å². The molecule has 1 aromatic heterocycles. The maximum absolute atomic E-state index is 13.0. The summed E-state index contributed by atoms with van der Waals surface area (Å²) in [7, 11) is 2.00. The molecule has 0 unspecified atom stereocenters. The number of nitrogens with zero attached hydrogens (tertiary/aromatic N) is 3. The fraction of sp³-hybridized carbons (Fsp3) is 0.700. The van der Waals surface area contributed by atoms with Crippen LogP contribution in [0, 0.1) is 0 Å². The van der Waals surface area contributed by atoms with E-state index < -0.39 is 29.4 Å². The zero-order chi connectivity index (χ0) is 23.6. The average molecular weight is 457 g/mol. The Bertz CT molecular complexity index is 819. The standard InChI is InChI=1S/C20H32N4O6S/c1-19(2,3)29-17(27)22-14-13(15(25)26)21-16(31-14)24(18(28)30-20(4,5)6)12-8-10-23(7)11-9-12/h12H,8-11H2,1-7H3,(H,22,27)(H,25,26). The molecular weight excluding hydrogens is 424 g/mol. The number of rotatable bonds is 4. The summed E-state index contributed by atoms with van der Waals surface area (Å²) in [5.74, 6) is -1.32. The summed E-state index contributed by atoms with van der Waals surface area (Å²) < 4.78 is 10.8. The van der Waals surface area contributed by atoms with Gasteiger partial charge in [0, 0.05) is 6.04 Å². The molecule has 0 spiro atoms. The van der Waals surface area contributed by atoms with Crippen molar-refractivity contribution in [1.82, 2.24) is 9.88 Å². The second-order valence-corrected chi connectivity index (χ2v) is 10.5. The molecule has 2 heterocycles. The highest BCUT2D eigenvalue weighted by Crippen LogP contribution is 2.35. The molecule has 31 heavy (non-hydrogen) atoms. The van der Waals surface area contributed by atoms with Crippen molar-refractivity contribution in [2.24, 2.45) is 0 Å². The lowest BCUT2D eigenvalue weighted by Gasteiger charge is -2.36. The van der Waals surface area contributed by atoms with Crippen LogP contribution in [0.3, 0.4) is 0 Å². The molecule has 0 atom stereocenters. The van der Waals surface area contributed by atoms with E-state index in [2.05, 4.69) is 15.2 Å². The van der Waals surface area contributed by atoms with Gasteiger partial charge in [0.2, 0.25) is 0 Å². The van der Waals surface area contributed by atoms with E-state index in [4.69, 9.17) is 9.47 Å². The van der Waals surface area contributed by atoms with Gasteiger partial charge in [0.1, 0.15) is 16.2 Å². The second-order valence-electron chi connectivity index (χ2n) is 9.49. The van der Waals surface area contributed by atoms with Crippen LogP contribution in [0.2, 0.25) is 0 Å². The lowest BCUT2D eigenvalue weighted by Crippen LogP contribution is -2.48. The fourth-order valence-corrected chi connectivity index (χ4v) is 3.99. The largest absolute Gasteiger partial charge is 0.476 e. The average Bonchev–Trinajstić information content (AvgIpc) is 2.96. The molecule has 10 nitrogen and oxygen atoms in total. The minimum atomic E-state index is -1.32. The molecule has 1 aliphatic rings. The zero-order valence-electron chi connectivity index (χ0n) is 19.1. The highest BCUT2D eigenvalue weighted by Gasteiger charge is 2.35. The minimum absolute atomic E-state index is 0.00163. The molecule has 0 saturated carbocycles. The zero-order valence-corrected chi connectivity index (χ0v) is 20.0. The third-order valence-electron chi connectivity index (χ3n) is 4.28. The predicted octanol–water partition coefficient (Wildman–Crippen LogP) is 4.02. The van der Waals surface area contributed by atoms with Crippen LogP contribution in [-0.4, -0.2) is 70.5 Å². The fourth-order valence-electron chi connectivity index (χ4n) is 2.99. The van der Waals surface area contributed by atoms with Gasteiger partial charge in [-0.05, 0) is 74.5 Å². The third kappa shape index (κ3) is 7.35. The Morgan fingerprint density at radius 2 is 1.65 bits per heavy atom. The van der Waals surface area contributed by atoms with Crippen LogP contribution < -0.4 is 10.2 Å². The first-order valence-electron chi connectivity index (χ1n) is 10.1. The molecule has 2 rings (SSSR count). The molecule has 1 aliphatic heterocycles. The molecule has 1 fully saturated rings. The van der Waals surface area contributed by atoms with Crippen molar-refractivity contribution in [3.63, 3.8) is 0 Å². The molecule has 0 radical (unpaired) electrons. The van der Waals surface area contributed by atoms with Crippen LogP contribution in [0.25, 0.3) is 0 Å². The number of anilines is 2. The van der Waals surface area contributed by atoms with E-state index in [1.54, 1.807) is 41.5 Å². The number of aromatic nitrogens is 1. The molecule has 2 N–H and O–H groups in total. The number of hydrogen-bond acceptors (Lipinski definition) is 8. The molecule has 0 aliphatic carbocycles. The van der Waals surface area contributed by atoms with E-state index in [0.29, 0.717) is 12.8 Å². The highest BCUT2D eigenvalue weighted by atomic mass is 32.1. The van der Waals surface area contributed by atoms with Gasteiger partial charge in [-0.2, -0.15) is 0 Å². The van der Waals surface area contributed by atoms with Crippen LogP contribution in [0.5, 0.6) is 0 Å². The number of nitrogens with one attached hydrogen (secondary N) is 1. The van der Waals surface area contributed by atoms with E-state index in [9.17, 15) is 19.5 Å². The Kier molecular flexibility index (Phi) is 7.53. The normalized spacial score (nSPS) is 16.0. The third-order valence-corrected chi connectivity index (χ3v) is 5.25. The number of carboxylic acids is 1. The molecular formula is C20H32N4O6S. The Morgan fingerprint density at radius 1 is 1.10 bits per heavy atom. The quantitative estimate of drug-likeness (QED) is 0.697. The molecule has 0 aromatic carbocycles. The Labute approximate surface area is 186 Å². The summed E-state index contributed by atoms with van der Waals surface area (Å²) in [6.45, 7) is 12.0. The number of hydrogen-bond donors (Lipinski definition) is 2. The van der Waals surface area contributed by atoms with Crippen molar-refractivity contribution < 1.29 is 29.0 Å². The molecule has 11 heteroatoms. The number of thiazole rings is 1. The van der Waals surface area contributed by atoms with Crippen LogP contribution >= 0.6 is 11.3 Å². The van der Waals surface area contributed by atoms with Gasteiger partial charge in [-0.25, -0.2) is 24.3 Å². The van der Waals surface area contributed by atoms with Crippen molar-refractivity contribution in [1.29, 1.82) is 0 Å². The van der Waals surface area contributed by atoms with Crippen LogP contribution in [-0.2, 0) is 9.47 Å². The summed E-state index contributed by atoms with van der Waals surface area (Å²) in [6, 6.07) is -0.201. The van der Waals surface area contributed by atoms with Gasteiger partial charge < -0.3 is 19.5 Å². The number of piperidine rings is 1. The minimum Gasteiger partial charge on any atom is -0.476 e. The molecule has 0 bridgehead atoms. The van der Waals surface area contributed by atoms with E-state index in [1.807, 2.05) is 7.05 Å². The Hall–Kier alpha value is -2.40. The van der Waals surface area contributed by atoms with E-state index in [0.717, 1.165) is 24.4 Å². The van der Waals surface area contributed by atoms with Crippen molar-refractivity contribution in [3.8, 4) is 0 Å². The number of carboxylic acid groups (broad SMARTS) is 1. The van der Waals surface area contributed by atoms with E-state index in [1.165, 1.54) is 4.90 Å². The van der Waals surface area contributed by atoms with Gasteiger partial charge in [0.25, 0.3) is 0 Å². The first-order valence-corrected chi connectivity index (χ1v) is 10.9. The summed E-state index contributed by atoms with van der Waals surface area (Å²) in [5.41, 5.74) is -1.84. The number of carbonyl (C=O) groups is 3. The number of ether oxygens (including phenoxy) is 2. The monoisotopic (exact) mass is 456 g/mol. The smallest absolute Gasteiger partial charge is 0.416 e. The van der Waals surface area contributed by atoms with Crippen molar-refractivity contribution in [2.75, 3.05) is 30.4 Å². The lowest BCUT2D eigenvalue weighted by molar-refractivity contribution is 0.0547. The van der Waals surface area contributed by atoms with Gasteiger partial charge in [-0.1, -0.05) is 11.3 Å². The number of carbonyl (C=O) groups excluding carboxylic acids is 2. The van der Waals surface area contributed by atoms with Gasteiger partial charge in [0.15, 0.2) is 10.8 Å². The summed E-state index contributed by atoms with van der Waals surface area (Å²) in [4.78, 5) is 44.7. The number of amides is 2. The number of likely N-dealkylation sites (tertiary alicyclic amines) is 1. The first-order chi connectivity index (χ1) is 14.2. The highest BCUT2D eigenvalue weighted by molar-refractivity contribution is 7.20. The summed E-state index contributed by atoms with van der Waals surface area (Å²) in [5, 5.41) is 12.2. The van der Waals surface area contributed by atoms with Crippen molar-refractivity contribution in [2.45, 2.75) is 71.6 Å². The Balaban J connectivity index is 2.39. The topological polar surface area (TPSA) is 121 Å². The molecule has 1 saturated heterocycles. The molecule has 1 aromatic rings. The summed E-state index contributed by atoms with van der Waals surface area (Å²) >= 11 is 0.907. The Morgan fingerprint density at radius 3 is 2.13 bits per heavy atom. The molecule has 174 valence electrons. The second kappa shape index (κ2) is 9.39.